The van der Waals surface area contributed by atoms with Gasteiger partial charge in [0.15, 0.2) is 0 Å². The molecule has 0 spiro atoms. The molecule has 0 amide bonds. The van der Waals surface area contributed by atoms with Crippen molar-refractivity contribution in [2.24, 2.45) is 0 Å². The highest BCUT2D eigenvalue weighted by atomic mass is 32.2. The molecule has 0 aliphatic heterocycles. The number of hydrogen-bond acceptors (Lipinski definition) is 4. The smallest absolute Gasteiger partial charge is 0.258 e. The van der Waals surface area contributed by atoms with Gasteiger partial charge in [-0.05, 0) is 24.6 Å². The van der Waals surface area contributed by atoms with Gasteiger partial charge in [-0.3, -0.25) is 10.1 Å². The molecule has 0 radical (unpaired) electrons. The summed E-state index contributed by atoms with van der Waals surface area (Å²) in [6.07, 6.45) is -4.58. The van der Waals surface area contributed by atoms with E-state index in [2.05, 4.69) is 16.6 Å². The lowest BCUT2D eigenvalue weighted by Gasteiger charge is -2.08. The van der Waals surface area contributed by atoms with E-state index in [1.807, 2.05) is 0 Å². The molecule has 1 N–H and O–H groups in total. The van der Waals surface area contributed by atoms with E-state index in [1.54, 1.807) is 0 Å². The monoisotopic (exact) mass is 398 g/mol. The maximum absolute atomic E-state index is 12.9. The molecular weight excluding hydrogens is 385 g/mol. The summed E-state index contributed by atoms with van der Waals surface area (Å²) >= 11 is 0. The van der Waals surface area contributed by atoms with Crippen molar-refractivity contribution in [1.82, 2.24) is 4.72 Å². The summed E-state index contributed by atoms with van der Waals surface area (Å²) in [6.45, 7) is 1.00. The third kappa shape index (κ3) is 5.06. The van der Waals surface area contributed by atoms with Crippen molar-refractivity contribution in [3.8, 4) is 11.8 Å². The summed E-state index contributed by atoms with van der Waals surface area (Å²) in [5, 5.41) is 10.8. The highest BCUT2D eigenvalue weighted by Gasteiger charge is 2.32. The van der Waals surface area contributed by atoms with Crippen molar-refractivity contribution in [2.45, 2.75) is 18.0 Å². The molecule has 6 nitrogen and oxygen atoms in total. The number of nitrogens with one attached hydrogen (secondary N) is 1. The van der Waals surface area contributed by atoms with Gasteiger partial charge in [0.1, 0.15) is 0 Å². The molecule has 0 aliphatic carbocycles. The lowest BCUT2D eigenvalue weighted by Crippen LogP contribution is -2.24. The SMILES string of the molecule is Cc1ccc([N+](=O)[O-])cc1S(=O)(=O)NCC#Cc1ccccc1C(F)(F)F. The van der Waals surface area contributed by atoms with E-state index >= 15 is 0 Å². The second-order valence-electron chi connectivity index (χ2n) is 5.38. The number of nitrogens with zero attached hydrogens (tertiary/aromatic N) is 1. The highest BCUT2D eigenvalue weighted by molar-refractivity contribution is 7.89. The molecule has 0 fully saturated rings. The fourth-order valence-electron chi connectivity index (χ4n) is 2.18. The normalized spacial score (nSPS) is 11.6. The van der Waals surface area contributed by atoms with Crippen LogP contribution in [0.5, 0.6) is 0 Å². The van der Waals surface area contributed by atoms with Gasteiger partial charge in [-0.15, -0.1) is 0 Å². The Morgan fingerprint density at radius 3 is 2.48 bits per heavy atom. The topological polar surface area (TPSA) is 89.3 Å². The standard InChI is InChI=1S/C17H13F3N2O4S/c1-12-8-9-14(22(23)24)11-16(12)27(25,26)21-10-4-6-13-5-2-3-7-15(13)17(18,19)20/h2-3,5,7-9,11,21H,10H2,1H3. The average Bonchev–Trinajstić information content (AvgIpc) is 2.58. The third-order valence-corrected chi connectivity index (χ3v) is 5.02. The van der Waals surface area contributed by atoms with Crippen LogP contribution in [0.4, 0.5) is 18.9 Å². The number of sulfonamides is 1. The van der Waals surface area contributed by atoms with Crippen LogP contribution in [0.3, 0.4) is 0 Å². The largest absolute Gasteiger partial charge is 0.417 e. The molecule has 0 atom stereocenters. The lowest BCUT2D eigenvalue weighted by atomic mass is 10.1. The minimum atomic E-state index is -4.58. The van der Waals surface area contributed by atoms with E-state index in [-0.39, 0.29) is 16.0 Å². The maximum Gasteiger partial charge on any atom is 0.417 e. The van der Waals surface area contributed by atoms with Gasteiger partial charge in [-0.2, -0.15) is 17.9 Å². The van der Waals surface area contributed by atoms with Crippen LogP contribution in [0.25, 0.3) is 0 Å². The predicted molar refractivity (Wildman–Crippen MR) is 91.3 cm³/mol. The van der Waals surface area contributed by atoms with Crippen molar-refractivity contribution in [1.29, 1.82) is 0 Å². The Hall–Kier alpha value is -2.90. The van der Waals surface area contributed by atoms with Gasteiger partial charge < -0.3 is 0 Å². The molecule has 0 heterocycles. The summed E-state index contributed by atoms with van der Waals surface area (Å²) < 4.78 is 65.3. The Bertz CT molecular complexity index is 1040. The summed E-state index contributed by atoms with van der Waals surface area (Å²) in [7, 11) is -4.12. The molecule has 10 heteroatoms. The molecule has 0 saturated carbocycles. The number of alkyl halides is 3. The van der Waals surface area contributed by atoms with E-state index in [9.17, 15) is 31.7 Å². The van der Waals surface area contributed by atoms with Crippen LogP contribution in [0.2, 0.25) is 0 Å². The van der Waals surface area contributed by atoms with E-state index in [1.165, 1.54) is 37.3 Å². The summed E-state index contributed by atoms with van der Waals surface area (Å²) in [5.41, 5.74) is -1.32. The zero-order valence-corrected chi connectivity index (χ0v) is 14.7. The van der Waals surface area contributed by atoms with Gasteiger partial charge in [0.25, 0.3) is 5.69 Å². The Balaban J connectivity index is 2.21. The number of benzene rings is 2. The van der Waals surface area contributed by atoms with Crippen LogP contribution >= 0.6 is 0 Å². The van der Waals surface area contributed by atoms with E-state index in [4.69, 9.17) is 0 Å². The molecular formula is C17H13F3N2O4S. The second-order valence-corrected chi connectivity index (χ2v) is 7.11. The third-order valence-electron chi connectivity index (χ3n) is 3.48. The van der Waals surface area contributed by atoms with Gasteiger partial charge in [-0.1, -0.05) is 30.0 Å². The van der Waals surface area contributed by atoms with Gasteiger partial charge in [-0.25, -0.2) is 8.42 Å². The fraction of sp³-hybridized carbons (Fsp3) is 0.176. The first-order valence-electron chi connectivity index (χ1n) is 7.42. The summed E-state index contributed by atoms with van der Waals surface area (Å²) in [5.74, 6) is 4.61. The van der Waals surface area contributed by atoms with Crippen molar-refractivity contribution in [3.05, 3.63) is 69.3 Å². The highest BCUT2D eigenvalue weighted by Crippen LogP contribution is 2.31. The number of hydrogen-bond donors (Lipinski definition) is 1. The Kier molecular flexibility index (Phi) is 5.88. The lowest BCUT2D eigenvalue weighted by molar-refractivity contribution is -0.385. The minimum Gasteiger partial charge on any atom is -0.258 e. The number of nitro groups is 1. The molecule has 0 unspecified atom stereocenters. The number of aryl methyl sites for hydroxylation is 1. The Morgan fingerprint density at radius 2 is 1.85 bits per heavy atom. The average molecular weight is 398 g/mol. The van der Waals surface area contributed by atoms with E-state index < -0.39 is 38.9 Å². The van der Waals surface area contributed by atoms with Crippen LogP contribution in [0.1, 0.15) is 16.7 Å². The van der Waals surface area contributed by atoms with Crippen molar-refractivity contribution < 1.29 is 26.5 Å². The molecule has 0 bridgehead atoms. The predicted octanol–water partition coefficient (Wildman–Crippen LogP) is 3.25. The zero-order valence-electron chi connectivity index (χ0n) is 13.9. The van der Waals surface area contributed by atoms with E-state index in [0.717, 1.165) is 12.1 Å². The number of rotatable bonds is 4. The number of non-ortho nitro benzene ring substituents is 1. The quantitative estimate of drug-likeness (QED) is 0.486. The first-order valence-corrected chi connectivity index (χ1v) is 8.90. The zero-order chi connectivity index (χ0) is 20.2. The second kappa shape index (κ2) is 7.77. The molecule has 2 aromatic carbocycles. The number of halogens is 3. The molecule has 0 saturated heterocycles. The van der Waals surface area contributed by atoms with Gasteiger partial charge in [0.05, 0.1) is 21.9 Å². The molecule has 27 heavy (non-hydrogen) atoms. The Morgan fingerprint density at radius 1 is 1.19 bits per heavy atom. The number of nitro benzene ring substituents is 1. The van der Waals surface area contributed by atoms with Crippen LogP contribution in [-0.4, -0.2) is 19.9 Å². The minimum absolute atomic E-state index is 0.281. The Labute approximate surface area is 153 Å². The molecule has 0 aliphatic rings. The molecule has 2 aromatic rings. The molecule has 2 rings (SSSR count). The van der Waals surface area contributed by atoms with Crippen LogP contribution < -0.4 is 4.72 Å². The van der Waals surface area contributed by atoms with Crippen LogP contribution in [0.15, 0.2) is 47.4 Å². The first-order chi connectivity index (χ1) is 12.5. The van der Waals surface area contributed by atoms with Gasteiger partial charge >= 0.3 is 6.18 Å². The van der Waals surface area contributed by atoms with Crippen molar-refractivity contribution in [3.63, 3.8) is 0 Å². The first kappa shape index (κ1) is 20.4. The summed E-state index contributed by atoms with van der Waals surface area (Å²) in [6, 6.07) is 8.03. The van der Waals surface area contributed by atoms with E-state index in [0.29, 0.717) is 0 Å². The molecule has 142 valence electrons. The van der Waals surface area contributed by atoms with Gasteiger partial charge in [0, 0.05) is 17.7 Å². The summed E-state index contributed by atoms with van der Waals surface area (Å²) in [4.78, 5) is 9.77. The van der Waals surface area contributed by atoms with Crippen LogP contribution in [0, 0.1) is 28.9 Å². The fourth-order valence-corrected chi connectivity index (χ4v) is 3.36. The van der Waals surface area contributed by atoms with Crippen LogP contribution in [-0.2, 0) is 16.2 Å². The van der Waals surface area contributed by atoms with Gasteiger partial charge in [0.2, 0.25) is 10.0 Å². The van der Waals surface area contributed by atoms with Crippen molar-refractivity contribution >= 4 is 15.7 Å². The maximum atomic E-state index is 12.9. The van der Waals surface area contributed by atoms with Crippen molar-refractivity contribution in [2.75, 3.05) is 6.54 Å². The molecule has 0 aromatic heterocycles.